The monoisotopic (exact) mass is 261 g/mol. The number of rotatable bonds is 3. The van der Waals surface area contributed by atoms with Gasteiger partial charge in [0.05, 0.1) is 0 Å². The lowest BCUT2D eigenvalue weighted by Crippen LogP contribution is -2.14. The zero-order valence-corrected chi connectivity index (χ0v) is 11.5. The summed E-state index contributed by atoms with van der Waals surface area (Å²) in [5.41, 5.74) is 3.04. The summed E-state index contributed by atoms with van der Waals surface area (Å²) in [7, 11) is 1.93. The van der Waals surface area contributed by atoms with Gasteiger partial charge in [-0.1, -0.05) is 23.7 Å². The molecule has 0 amide bonds. The van der Waals surface area contributed by atoms with Crippen molar-refractivity contribution in [1.29, 1.82) is 0 Å². The zero-order valence-electron chi connectivity index (χ0n) is 10.7. The average molecular weight is 262 g/mol. The van der Waals surface area contributed by atoms with Gasteiger partial charge in [-0.15, -0.1) is 0 Å². The molecule has 1 aromatic carbocycles. The van der Waals surface area contributed by atoms with E-state index in [1.165, 1.54) is 0 Å². The Morgan fingerprint density at radius 2 is 2.11 bits per heavy atom. The average Bonchev–Trinajstić information content (AvgIpc) is 2.37. The highest BCUT2D eigenvalue weighted by atomic mass is 35.5. The van der Waals surface area contributed by atoms with Crippen LogP contribution in [0.4, 0.5) is 0 Å². The second-order valence-electron chi connectivity index (χ2n) is 4.26. The Morgan fingerprint density at radius 3 is 2.72 bits per heavy atom. The minimum atomic E-state index is 0.249. The normalized spacial score (nSPS) is 12.4. The minimum absolute atomic E-state index is 0.249. The van der Waals surface area contributed by atoms with Crippen LogP contribution in [0.15, 0.2) is 30.5 Å². The van der Waals surface area contributed by atoms with E-state index in [4.69, 9.17) is 11.6 Å². The molecule has 4 heteroatoms. The van der Waals surface area contributed by atoms with Gasteiger partial charge in [0.1, 0.15) is 0 Å². The third-order valence-electron chi connectivity index (χ3n) is 3.00. The summed E-state index contributed by atoms with van der Waals surface area (Å²) in [6.07, 6.45) is 1.87. The van der Waals surface area contributed by atoms with Gasteiger partial charge < -0.3 is 5.32 Å². The number of hydrogen-bond acceptors (Lipinski definition) is 3. The van der Waals surface area contributed by atoms with E-state index in [0.717, 1.165) is 16.8 Å². The van der Waals surface area contributed by atoms with Crippen LogP contribution >= 0.6 is 11.6 Å². The number of halogens is 1. The van der Waals surface area contributed by atoms with Gasteiger partial charge in [-0.05, 0) is 33.0 Å². The number of nitrogens with one attached hydrogen (secondary N) is 1. The summed E-state index contributed by atoms with van der Waals surface area (Å²) in [5.74, 6) is 0.710. The molecule has 0 aliphatic rings. The van der Waals surface area contributed by atoms with Crippen LogP contribution in [-0.2, 0) is 0 Å². The van der Waals surface area contributed by atoms with Crippen molar-refractivity contribution in [1.82, 2.24) is 15.3 Å². The molecule has 0 aliphatic heterocycles. The molecule has 94 valence electrons. The van der Waals surface area contributed by atoms with Gasteiger partial charge in [-0.25, -0.2) is 9.97 Å². The lowest BCUT2D eigenvalue weighted by atomic mass is 10.1. The molecular weight excluding hydrogens is 246 g/mol. The van der Waals surface area contributed by atoms with Crippen LogP contribution in [-0.4, -0.2) is 17.0 Å². The zero-order chi connectivity index (χ0) is 13.1. The Bertz CT molecular complexity index is 554. The first kappa shape index (κ1) is 13.0. The molecule has 2 aromatic rings. The summed E-state index contributed by atoms with van der Waals surface area (Å²) >= 11 is 5.97. The first-order valence-electron chi connectivity index (χ1n) is 5.88. The molecule has 1 aromatic heterocycles. The number of nitrogens with zero attached hydrogens (tertiary/aromatic N) is 2. The molecule has 2 rings (SSSR count). The van der Waals surface area contributed by atoms with Crippen LogP contribution in [0, 0.1) is 6.92 Å². The fourth-order valence-corrected chi connectivity index (χ4v) is 2.01. The molecule has 0 aliphatic carbocycles. The summed E-state index contributed by atoms with van der Waals surface area (Å²) in [4.78, 5) is 8.95. The molecule has 1 unspecified atom stereocenters. The molecule has 0 spiro atoms. The number of hydrogen-bond donors (Lipinski definition) is 1. The first-order chi connectivity index (χ1) is 8.61. The van der Waals surface area contributed by atoms with Crippen molar-refractivity contribution in [3.63, 3.8) is 0 Å². The van der Waals surface area contributed by atoms with E-state index < -0.39 is 0 Å². The maximum atomic E-state index is 5.97. The van der Waals surface area contributed by atoms with Crippen molar-refractivity contribution in [3.05, 3.63) is 46.7 Å². The molecule has 0 fully saturated rings. The molecule has 0 bridgehead atoms. The van der Waals surface area contributed by atoms with E-state index in [1.807, 2.05) is 44.4 Å². The summed E-state index contributed by atoms with van der Waals surface area (Å²) < 4.78 is 0. The Morgan fingerprint density at radius 1 is 1.33 bits per heavy atom. The minimum Gasteiger partial charge on any atom is -0.313 e. The predicted octanol–water partition coefficient (Wildman–Crippen LogP) is 3.39. The molecule has 1 heterocycles. The molecule has 3 nitrogen and oxygen atoms in total. The van der Waals surface area contributed by atoms with Crippen LogP contribution in [0.3, 0.4) is 0 Å². The molecule has 1 atom stereocenters. The van der Waals surface area contributed by atoms with Gasteiger partial charge >= 0.3 is 0 Å². The highest BCUT2D eigenvalue weighted by Crippen LogP contribution is 2.21. The smallest absolute Gasteiger partial charge is 0.159 e. The summed E-state index contributed by atoms with van der Waals surface area (Å²) in [6, 6.07) is 7.83. The molecular formula is C14H16ClN3. The Labute approximate surface area is 112 Å². The van der Waals surface area contributed by atoms with Crippen molar-refractivity contribution >= 4 is 11.6 Å². The van der Waals surface area contributed by atoms with E-state index in [0.29, 0.717) is 10.8 Å². The maximum Gasteiger partial charge on any atom is 0.159 e. The Balaban J connectivity index is 2.40. The number of aromatic nitrogens is 2. The third kappa shape index (κ3) is 2.68. The van der Waals surface area contributed by atoms with Gasteiger partial charge in [-0.3, -0.25) is 0 Å². The van der Waals surface area contributed by atoms with Crippen LogP contribution in [0.2, 0.25) is 5.02 Å². The van der Waals surface area contributed by atoms with Crippen molar-refractivity contribution in [3.8, 4) is 11.4 Å². The molecule has 1 N–H and O–H groups in total. The van der Waals surface area contributed by atoms with Crippen molar-refractivity contribution in [2.24, 2.45) is 0 Å². The highest BCUT2D eigenvalue weighted by Gasteiger charge is 2.10. The van der Waals surface area contributed by atoms with Gasteiger partial charge in [-0.2, -0.15) is 0 Å². The number of benzene rings is 1. The lowest BCUT2D eigenvalue weighted by molar-refractivity contribution is 0.641. The van der Waals surface area contributed by atoms with Gasteiger partial charge in [0, 0.05) is 34.1 Å². The SMILES string of the molecule is CNC(C)c1cnc(-c2cccc(Cl)c2)nc1C. The maximum absolute atomic E-state index is 5.97. The van der Waals surface area contributed by atoms with Gasteiger partial charge in [0.2, 0.25) is 0 Å². The van der Waals surface area contributed by atoms with Gasteiger partial charge in [0.15, 0.2) is 5.82 Å². The van der Waals surface area contributed by atoms with Crippen molar-refractivity contribution < 1.29 is 0 Å². The molecule has 18 heavy (non-hydrogen) atoms. The first-order valence-corrected chi connectivity index (χ1v) is 6.26. The predicted molar refractivity (Wildman–Crippen MR) is 74.7 cm³/mol. The van der Waals surface area contributed by atoms with E-state index in [1.54, 1.807) is 0 Å². The van der Waals surface area contributed by atoms with Gasteiger partial charge in [0.25, 0.3) is 0 Å². The molecule has 0 radical (unpaired) electrons. The number of aryl methyl sites for hydroxylation is 1. The van der Waals surface area contributed by atoms with Crippen LogP contribution in [0.25, 0.3) is 11.4 Å². The second kappa shape index (κ2) is 5.46. The Hall–Kier alpha value is -1.45. The molecule has 0 saturated heterocycles. The summed E-state index contributed by atoms with van der Waals surface area (Å²) in [6.45, 7) is 4.09. The van der Waals surface area contributed by atoms with Crippen molar-refractivity contribution in [2.75, 3.05) is 7.05 Å². The van der Waals surface area contributed by atoms with Crippen LogP contribution in [0.5, 0.6) is 0 Å². The van der Waals surface area contributed by atoms with E-state index in [9.17, 15) is 0 Å². The van der Waals surface area contributed by atoms with Crippen molar-refractivity contribution in [2.45, 2.75) is 19.9 Å². The van der Waals surface area contributed by atoms with Crippen LogP contribution < -0.4 is 5.32 Å². The second-order valence-corrected chi connectivity index (χ2v) is 4.69. The van der Waals surface area contributed by atoms with Crippen LogP contribution in [0.1, 0.15) is 24.2 Å². The van der Waals surface area contributed by atoms with E-state index in [-0.39, 0.29) is 6.04 Å². The Kier molecular flexibility index (Phi) is 3.94. The fraction of sp³-hybridized carbons (Fsp3) is 0.286. The summed E-state index contributed by atoms with van der Waals surface area (Å²) in [5, 5.41) is 3.89. The lowest BCUT2D eigenvalue weighted by Gasteiger charge is -2.13. The van der Waals surface area contributed by atoms with E-state index >= 15 is 0 Å². The fourth-order valence-electron chi connectivity index (χ4n) is 1.82. The third-order valence-corrected chi connectivity index (χ3v) is 3.23. The van der Waals surface area contributed by atoms with E-state index in [2.05, 4.69) is 22.2 Å². The highest BCUT2D eigenvalue weighted by molar-refractivity contribution is 6.30. The standard InChI is InChI=1S/C14H16ClN3/c1-9(16-3)13-8-17-14(18-10(13)2)11-5-4-6-12(15)7-11/h4-9,16H,1-3H3. The molecule has 0 saturated carbocycles. The quantitative estimate of drug-likeness (QED) is 0.920. The largest absolute Gasteiger partial charge is 0.313 e. The topological polar surface area (TPSA) is 37.8 Å².